The first-order chi connectivity index (χ1) is 6.74. The summed E-state index contributed by atoms with van der Waals surface area (Å²) in [6.07, 6.45) is 0.823. The Morgan fingerprint density at radius 1 is 1.43 bits per heavy atom. The van der Waals surface area contributed by atoms with Crippen molar-refractivity contribution in [2.24, 2.45) is 5.92 Å². The largest absolute Gasteiger partial charge is 0.469 e. The van der Waals surface area contributed by atoms with Crippen molar-refractivity contribution in [3.8, 4) is 0 Å². The Hall–Kier alpha value is -1.31. The number of carbonyl (C=O) groups excluding carboxylic acids is 1. The Kier molecular flexibility index (Phi) is 2.28. The Morgan fingerprint density at radius 3 is 2.79 bits per heavy atom. The molecule has 0 radical (unpaired) electrons. The second-order valence-electron chi connectivity index (χ2n) is 3.82. The number of rotatable bonds is 1. The van der Waals surface area contributed by atoms with E-state index < -0.39 is 0 Å². The second kappa shape index (κ2) is 3.45. The smallest absolute Gasteiger partial charge is 0.309 e. The van der Waals surface area contributed by atoms with Crippen LogP contribution in [0.4, 0.5) is 0 Å². The van der Waals surface area contributed by atoms with Gasteiger partial charge in [0.05, 0.1) is 13.0 Å². The lowest BCUT2D eigenvalue weighted by molar-refractivity contribution is -0.145. The number of esters is 1. The van der Waals surface area contributed by atoms with Crippen molar-refractivity contribution >= 4 is 5.97 Å². The van der Waals surface area contributed by atoms with Gasteiger partial charge in [0.15, 0.2) is 0 Å². The van der Waals surface area contributed by atoms with Crippen molar-refractivity contribution in [2.45, 2.75) is 19.3 Å². The van der Waals surface area contributed by atoms with Crippen molar-refractivity contribution in [3.05, 3.63) is 35.4 Å². The highest BCUT2D eigenvalue weighted by Gasteiger charge is 2.34. The number of fused-ring (bicyclic) bond motifs is 1. The van der Waals surface area contributed by atoms with Crippen LogP contribution in [0.2, 0.25) is 0 Å². The Morgan fingerprint density at radius 2 is 2.14 bits per heavy atom. The molecule has 14 heavy (non-hydrogen) atoms. The molecule has 2 unspecified atom stereocenters. The molecule has 0 aliphatic heterocycles. The lowest BCUT2D eigenvalue weighted by Gasteiger charge is -2.12. The number of methoxy groups -OCH3 is 1. The van der Waals surface area contributed by atoms with Crippen LogP contribution in [0.3, 0.4) is 0 Å². The van der Waals surface area contributed by atoms with Crippen LogP contribution in [0, 0.1) is 5.92 Å². The first kappa shape index (κ1) is 9.25. The van der Waals surface area contributed by atoms with E-state index in [0.29, 0.717) is 5.92 Å². The standard InChI is InChI=1S/C12H14O2/c1-8-10-6-4-3-5-9(10)7-11(8)12(13)14-2/h3-6,8,11H,7H2,1-2H3. The molecule has 0 N–H and O–H groups in total. The van der Waals surface area contributed by atoms with Gasteiger partial charge in [-0.15, -0.1) is 0 Å². The molecule has 0 heterocycles. The van der Waals surface area contributed by atoms with Gasteiger partial charge in [-0.3, -0.25) is 4.79 Å². The van der Waals surface area contributed by atoms with Gasteiger partial charge in [0.1, 0.15) is 0 Å². The third-order valence-corrected chi connectivity index (χ3v) is 3.09. The maximum Gasteiger partial charge on any atom is 0.309 e. The Bertz CT molecular complexity index is 357. The van der Waals surface area contributed by atoms with Crippen LogP contribution in [-0.2, 0) is 16.0 Å². The zero-order valence-electron chi connectivity index (χ0n) is 8.49. The summed E-state index contributed by atoms with van der Waals surface area (Å²) in [7, 11) is 1.46. The second-order valence-corrected chi connectivity index (χ2v) is 3.82. The molecule has 0 fully saturated rings. The highest BCUT2D eigenvalue weighted by Crippen LogP contribution is 2.37. The maximum absolute atomic E-state index is 11.5. The van der Waals surface area contributed by atoms with Crippen LogP contribution in [0.5, 0.6) is 0 Å². The van der Waals surface area contributed by atoms with E-state index >= 15 is 0 Å². The van der Waals surface area contributed by atoms with Gasteiger partial charge in [-0.2, -0.15) is 0 Å². The topological polar surface area (TPSA) is 26.3 Å². The van der Waals surface area contributed by atoms with Gasteiger partial charge in [-0.1, -0.05) is 31.2 Å². The number of benzene rings is 1. The first-order valence-corrected chi connectivity index (χ1v) is 4.89. The van der Waals surface area contributed by atoms with Gasteiger partial charge in [-0.25, -0.2) is 0 Å². The summed E-state index contributed by atoms with van der Waals surface area (Å²) in [5, 5.41) is 0. The van der Waals surface area contributed by atoms with Crippen LogP contribution in [0.15, 0.2) is 24.3 Å². The lowest BCUT2D eigenvalue weighted by Crippen LogP contribution is -2.18. The Labute approximate surface area is 83.9 Å². The molecular formula is C12H14O2. The Balaban J connectivity index is 2.30. The summed E-state index contributed by atoms with van der Waals surface area (Å²) in [5.41, 5.74) is 2.58. The van der Waals surface area contributed by atoms with E-state index in [0.717, 1.165) is 6.42 Å². The minimum Gasteiger partial charge on any atom is -0.469 e. The van der Waals surface area contributed by atoms with Crippen molar-refractivity contribution in [1.82, 2.24) is 0 Å². The molecule has 1 aromatic carbocycles. The molecule has 1 aromatic rings. The van der Waals surface area contributed by atoms with Crippen molar-refractivity contribution in [1.29, 1.82) is 0 Å². The summed E-state index contributed by atoms with van der Waals surface area (Å²) < 4.78 is 4.80. The van der Waals surface area contributed by atoms with Gasteiger partial charge in [0.25, 0.3) is 0 Å². The SMILES string of the molecule is COC(=O)C1Cc2ccccc2C1C. The molecule has 0 amide bonds. The number of hydrogen-bond acceptors (Lipinski definition) is 2. The average molecular weight is 190 g/mol. The van der Waals surface area contributed by atoms with E-state index in [1.54, 1.807) is 0 Å². The molecule has 2 rings (SSSR count). The van der Waals surface area contributed by atoms with E-state index in [1.807, 2.05) is 12.1 Å². The lowest BCUT2D eigenvalue weighted by atomic mass is 9.95. The zero-order valence-corrected chi connectivity index (χ0v) is 8.49. The van der Waals surface area contributed by atoms with Gasteiger partial charge in [0, 0.05) is 0 Å². The van der Waals surface area contributed by atoms with Crippen molar-refractivity contribution < 1.29 is 9.53 Å². The number of hydrogen-bond donors (Lipinski definition) is 0. The monoisotopic (exact) mass is 190 g/mol. The van der Waals surface area contributed by atoms with Gasteiger partial charge in [0.2, 0.25) is 0 Å². The quantitative estimate of drug-likeness (QED) is 0.634. The molecule has 0 spiro atoms. The highest BCUT2D eigenvalue weighted by molar-refractivity contribution is 5.75. The average Bonchev–Trinajstić information content (AvgIpc) is 2.56. The predicted molar refractivity (Wildman–Crippen MR) is 54.1 cm³/mol. The van der Waals surface area contributed by atoms with E-state index in [2.05, 4.69) is 19.1 Å². The van der Waals surface area contributed by atoms with E-state index in [-0.39, 0.29) is 11.9 Å². The summed E-state index contributed by atoms with van der Waals surface area (Å²) in [6.45, 7) is 2.09. The molecule has 0 saturated carbocycles. The normalized spacial score (nSPS) is 24.4. The molecule has 0 saturated heterocycles. The summed E-state index contributed by atoms with van der Waals surface area (Å²) in [5.74, 6) is 0.213. The van der Waals surface area contributed by atoms with Crippen LogP contribution < -0.4 is 0 Å². The van der Waals surface area contributed by atoms with Gasteiger partial charge < -0.3 is 4.74 Å². The van der Waals surface area contributed by atoms with Crippen LogP contribution in [0.25, 0.3) is 0 Å². The predicted octanol–water partition coefficient (Wildman–Crippen LogP) is 2.14. The molecule has 1 aliphatic rings. The number of ether oxygens (including phenoxy) is 1. The third kappa shape index (κ3) is 1.31. The van der Waals surface area contributed by atoms with E-state index in [1.165, 1.54) is 18.2 Å². The summed E-state index contributed by atoms with van der Waals surface area (Å²) in [4.78, 5) is 11.5. The highest BCUT2D eigenvalue weighted by atomic mass is 16.5. The molecule has 2 atom stereocenters. The van der Waals surface area contributed by atoms with Crippen molar-refractivity contribution in [3.63, 3.8) is 0 Å². The summed E-state index contributed by atoms with van der Waals surface area (Å²) in [6, 6.07) is 8.23. The van der Waals surface area contributed by atoms with Crippen LogP contribution in [-0.4, -0.2) is 13.1 Å². The zero-order chi connectivity index (χ0) is 10.1. The molecule has 0 bridgehead atoms. The molecule has 74 valence electrons. The maximum atomic E-state index is 11.5. The fourth-order valence-electron chi connectivity index (χ4n) is 2.23. The van der Waals surface area contributed by atoms with Crippen LogP contribution >= 0.6 is 0 Å². The molecular weight excluding hydrogens is 176 g/mol. The van der Waals surface area contributed by atoms with E-state index in [9.17, 15) is 4.79 Å². The molecule has 0 aromatic heterocycles. The molecule has 2 heteroatoms. The summed E-state index contributed by atoms with van der Waals surface area (Å²) >= 11 is 0. The first-order valence-electron chi connectivity index (χ1n) is 4.89. The van der Waals surface area contributed by atoms with Gasteiger partial charge >= 0.3 is 5.97 Å². The minimum absolute atomic E-state index is 0.0115. The fraction of sp³-hybridized carbons (Fsp3) is 0.417. The van der Waals surface area contributed by atoms with Crippen molar-refractivity contribution in [2.75, 3.05) is 7.11 Å². The molecule has 1 aliphatic carbocycles. The number of carbonyl (C=O) groups is 1. The van der Waals surface area contributed by atoms with Crippen LogP contribution in [0.1, 0.15) is 24.0 Å². The minimum atomic E-state index is -0.0892. The fourth-order valence-corrected chi connectivity index (χ4v) is 2.23. The van der Waals surface area contributed by atoms with Gasteiger partial charge in [-0.05, 0) is 23.5 Å². The third-order valence-electron chi connectivity index (χ3n) is 3.09. The molecule has 2 nitrogen and oxygen atoms in total. The van der Waals surface area contributed by atoms with E-state index in [4.69, 9.17) is 4.74 Å².